The van der Waals surface area contributed by atoms with E-state index in [1.54, 1.807) is 0 Å². The normalized spacial score (nSPS) is 17.2. The second-order valence-corrected chi connectivity index (χ2v) is 3.95. The van der Waals surface area contributed by atoms with Crippen molar-refractivity contribution < 1.29 is 4.79 Å². The van der Waals surface area contributed by atoms with Crippen LogP contribution in [0.5, 0.6) is 0 Å². The number of benzene rings is 1. The minimum absolute atomic E-state index is 0.410. The van der Waals surface area contributed by atoms with Gasteiger partial charge in [-0.1, -0.05) is 18.2 Å². The molecular weight excluding hydrogens is 160 g/mol. The predicted octanol–water partition coefficient (Wildman–Crippen LogP) is 2.75. The summed E-state index contributed by atoms with van der Waals surface area (Å²) in [4.78, 5) is 10.9. The van der Waals surface area contributed by atoms with Gasteiger partial charge in [-0.15, -0.1) is 0 Å². The first-order valence-electron chi connectivity index (χ1n) is 4.76. The van der Waals surface area contributed by atoms with Crippen molar-refractivity contribution in [1.29, 1.82) is 0 Å². The fraction of sp³-hybridized carbons (Fsp3) is 0.417. The molecule has 0 aliphatic heterocycles. The highest BCUT2D eigenvalue weighted by atomic mass is 16.1. The van der Waals surface area contributed by atoms with E-state index < -0.39 is 0 Å². The van der Waals surface area contributed by atoms with E-state index in [9.17, 15) is 4.79 Å². The van der Waals surface area contributed by atoms with Crippen LogP contribution < -0.4 is 0 Å². The van der Waals surface area contributed by atoms with Crippen molar-refractivity contribution in [3.8, 4) is 0 Å². The number of ketones is 1. The fourth-order valence-corrected chi connectivity index (χ4v) is 2.17. The van der Waals surface area contributed by atoms with Crippen LogP contribution in [0.3, 0.4) is 0 Å². The number of carbonyl (C=O) groups is 1. The first-order valence-corrected chi connectivity index (χ1v) is 4.76. The number of hydrogen-bond donors (Lipinski definition) is 0. The lowest BCUT2D eigenvalue weighted by molar-refractivity contribution is -0.124. The lowest BCUT2D eigenvalue weighted by atomic mass is 9.76. The molecule has 1 aliphatic rings. The standard InChI is InChI=1S/C12H14O/c1-8-4-3-5-9(2)12(8)10-6-11(13)7-10/h3-5,10H,6-7H2,1-2H3. The van der Waals surface area contributed by atoms with E-state index in [4.69, 9.17) is 0 Å². The van der Waals surface area contributed by atoms with E-state index in [1.807, 2.05) is 0 Å². The van der Waals surface area contributed by atoms with Crippen molar-refractivity contribution in [3.63, 3.8) is 0 Å². The summed E-state index contributed by atoms with van der Waals surface area (Å²) in [5, 5.41) is 0. The molecule has 0 bridgehead atoms. The summed E-state index contributed by atoms with van der Waals surface area (Å²) in [6, 6.07) is 6.34. The Morgan fingerprint density at radius 2 is 1.69 bits per heavy atom. The Labute approximate surface area is 78.8 Å². The first-order chi connectivity index (χ1) is 6.18. The number of Topliss-reactive ketones (excluding diaryl/α,β-unsaturated/α-hetero) is 1. The zero-order valence-electron chi connectivity index (χ0n) is 8.13. The van der Waals surface area contributed by atoms with Gasteiger partial charge in [0.2, 0.25) is 0 Å². The van der Waals surface area contributed by atoms with Gasteiger partial charge in [-0.2, -0.15) is 0 Å². The Kier molecular flexibility index (Phi) is 1.95. The van der Waals surface area contributed by atoms with Crippen LogP contribution in [0.1, 0.15) is 35.4 Å². The van der Waals surface area contributed by atoms with Gasteiger partial charge in [-0.25, -0.2) is 0 Å². The van der Waals surface area contributed by atoms with E-state index in [2.05, 4.69) is 32.0 Å². The van der Waals surface area contributed by atoms with Gasteiger partial charge < -0.3 is 0 Å². The molecule has 1 aromatic carbocycles. The molecule has 0 radical (unpaired) electrons. The Morgan fingerprint density at radius 3 is 2.15 bits per heavy atom. The zero-order valence-corrected chi connectivity index (χ0v) is 8.13. The van der Waals surface area contributed by atoms with Crippen molar-refractivity contribution in [2.45, 2.75) is 32.6 Å². The maximum absolute atomic E-state index is 10.9. The maximum atomic E-state index is 10.9. The molecule has 0 aromatic heterocycles. The lowest BCUT2D eigenvalue weighted by Gasteiger charge is -2.27. The number of carbonyl (C=O) groups excluding carboxylic acids is 1. The molecule has 13 heavy (non-hydrogen) atoms. The largest absolute Gasteiger partial charge is 0.300 e. The third-order valence-corrected chi connectivity index (χ3v) is 2.90. The van der Waals surface area contributed by atoms with E-state index in [0.717, 1.165) is 12.8 Å². The molecule has 0 saturated heterocycles. The second kappa shape index (κ2) is 2.99. The van der Waals surface area contributed by atoms with Gasteiger partial charge in [0, 0.05) is 12.8 Å². The topological polar surface area (TPSA) is 17.1 Å². The van der Waals surface area contributed by atoms with Gasteiger partial charge in [-0.05, 0) is 36.5 Å². The number of hydrogen-bond acceptors (Lipinski definition) is 1. The smallest absolute Gasteiger partial charge is 0.134 e. The van der Waals surface area contributed by atoms with Crippen molar-refractivity contribution in [1.82, 2.24) is 0 Å². The summed E-state index contributed by atoms with van der Waals surface area (Å²) in [5.74, 6) is 0.918. The number of rotatable bonds is 1. The van der Waals surface area contributed by atoms with Crippen LogP contribution in [0, 0.1) is 13.8 Å². The van der Waals surface area contributed by atoms with Crippen LogP contribution in [0.4, 0.5) is 0 Å². The van der Waals surface area contributed by atoms with Gasteiger partial charge in [0.15, 0.2) is 0 Å². The molecular formula is C12H14O. The first kappa shape index (κ1) is 8.49. The average Bonchev–Trinajstić information content (AvgIpc) is 2.00. The highest BCUT2D eigenvalue weighted by Crippen LogP contribution is 2.36. The molecule has 0 amide bonds. The minimum atomic E-state index is 0.410. The molecule has 0 unspecified atom stereocenters. The van der Waals surface area contributed by atoms with E-state index in [0.29, 0.717) is 11.7 Å². The Balaban J connectivity index is 2.34. The quantitative estimate of drug-likeness (QED) is 0.639. The Morgan fingerprint density at radius 1 is 1.15 bits per heavy atom. The SMILES string of the molecule is Cc1cccc(C)c1C1CC(=O)C1. The van der Waals surface area contributed by atoms with Crippen LogP contribution in [0.15, 0.2) is 18.2 Å². The van der Waals surface area contributed by atoms with Crippen molar-refractivity contribution >= 4 is 5.78 Å². The molecule has 2 rings (SSSR count). The molecule has 1 nitrogen and oxygen atoms in total. The molecule has 1 fully saturated rings. The van der Waals surface area contributed by atoms with E-state index in [1.165, 1.54) is 16.7 Å². The summed E-state index contributed by atoms with van der Waals surface area (Å²) < 4.78 is 0. The van der Waals surface area contributed by atoms with Crippen LogP contribution >= 0.6 is 0 Å². The molecule has 0 atom stereocenters. The highest BCUT2D eigenvalue weighted by molar-refractivity contribution is 5.86. The highest BCUT2D eigenvalue weighted by Gasteiger charge is 2.29. The van der Waals surface area contributed by atoms with E-state index in [-0.39, 0.29) is 0 Å². The third kappa shape index (κ3) is 1.39. The summed E-state index contributed by atoms with van der Waals surface area (Å²) in [7, 11) is 0. The van der Waals surface area contributed by atoms with Crippen molar-refractivity contribution in [2.75, 3.05) is 0 Å². The summed E-state index contributed by atoms with van der Waals surface area (Å²) in [6.45, 7) is 4.26. The third-order valence-electron chi connectivity index (χ3n) is 2.90. The second-order valence-electron chi connectivity index (χ2n) is 3.95. The molecule has 1 aliphatic carbocycles. The molecule has 0 N–H and O–H groups in total. The Bertz CT molecular complexity index is 324. The van der Waals surface area contributed by atoms with Crippen LogP contribution in [-0.2, 0) is 4.79 Å². The summed E-state index contributed by atoms with van der Waals surface area (Å²) in [6.07, 6.45) is 1.51. The molecule has 0 spiro atoms. The average molecular weight is 174 g/mol. The monoisotopic (exact) mass is 174 g/mol. The fourth-order valence-electron chi connectivity index (χ4n) is 2.17. The van der Waals surface area contributed by atoms with Crippen LogP contribution in [0.25, 0.3) is 0 Å². The van der Waals surface area contributed by atoms with Crippen molar-refractivity contribution in [3.05, 3.63) is 34.9 Å². The number of aryl methyl sites for hydroxylation is 2. The van der Waals surface area contributed by atoms with Gasteiger partial charge in [0.05, 0.1) is 0 Å². The molecule has 1 saturated carbocycles. The van der Waals surface area contributed by atoms with Crippen LogP contribution in [-0.4, -0.2) is 5.78 Å². The van der Waals surface area contributed by atoms with Gasteiger partial charge in [0.25, 0.3) is 0 Å². The lowest BCUT2D eigenvalue weighted by Crippen LogP contribution is -2.22. The maximum Gasteiger partial charge on any atom is 0.134 e. The van der Waals surface area contributed by atoms with Gasteiger partial charge in [0.1, 0.15) is 5.78 Å². The summed E-state index contributed by atoms with van der Waals surface area (Å²) >= 11 is 0. The minimum Gasteiger partial charge on any atom is -0.300 e. The molecule has 1 aromatic rings. The molecule has 0 heterocycles. The van der Waals surface area contributed by atoms with Gasteiger partial charge in [-0.3, -0.25) is 4.79 Å². The van der Waals surface area contributed by atoms with Crippen LogP contribution in [0.2, 0.25) is 0 Å². The summed E-state index contributed by atoms with van der Waals surface area (Å²) in [5.41, 5.74) is 4.07. The molecule has 1 heteroatoms. The van der Waals surface area contributed by atoms with Gasteiger partial charge >= 0.3 is 0 Å². The van der Waals surface area contributed by atoms with Crippen molar-refractivity contribution in [2.24, 2.45) is 0 Å². The predicted molar refractivity (Wildman–Crippen MR) is 52.9 cm³/mol. The van der Waals surface area contributed by atoms with E-state index >= 15 is 0 Å². The zero-order chi connectivity index (χ0) is 9.42. The Hall–Kier alpha value is -1.11. The molecule has 68 valence electrons.